The van der Waals surface area contributed by atoms with Gasteiger partial charge in [-0.3, -0.25) is 0 Å². The highest BCUT2D eigenvalue weighted by Gasteiger charge is 2.03. The Bertz CT molecular complexity index is 499. The van der Waals surface area contributed by atoms with Gasteiger partial charge in [0.1, 0.15) is 5.75 Å². The molecule has 1 aromatic carbocycles. The van der Waals surface area contributed by atoms with Crippen LogP contribution in [0.3, 0.4) is 0 Å². The van der Waals surface area contributed by atoms with Crippen molar-refractivity contribution in [1.82, 2.24) is 9.78 Å². The number of benzene rings is 1. The number of hydrogen-bond donors (Lipinski definition) is 1. The third-order valence-corrected chi connectivity index (χ3v) is 1.91. The quantitative estimate of drug-likeness (QED) is 0.866. The second kappa shape index (κ2) is 4.18. The van der Waals surface area contributed by atoms with Gasteiger partial charge in [0.05, 0.1) is 18.1 Å². The van der Waals surface area contributed by atoms with E-state index in [9.17, 15) is 8.78 Å². The van der Waals surface area contributed by atoms with Gasteiger partial charge in [-0.25, -0.2) is 13.5 Å². The molecule has 0 saturated heterocycles. The van der Waals surface area contributed by atoms with E-state index in [-0.39, 0.29) is 12.5 Å². The van der Waals surface area contributed by atoms with Crippen LogP contribution in [0.4, 0.5) is 14.5 Å². The number of halogens is 2. The molecule has 2 aromatic rings. The van der Waals surface area contributed by atoms with Gasteiger partial charge in [0, 0.05) is 6.07 Å². The van der Waals surface area contributed by atoms with Gasteiger partial charge in [0.25, 0.3) is 0 Å². The van der Waals surface area contributed by atoms with E-state index in [0.29, 0.717) is 5.69 Å². The molecule has 0 spiro atoms. The summed E-state index contributed by atoms with van der Waals surface area (Å²) in [4.78, 5) is 0. The lowest BCUT2D eigenvalue weighted by molar-refractivity contribution is 0.219. The lowest BCUT2D eigenvalue weighted by Gasteiger charge is -2.05. The highest BCUT2D eigenvalue weighted by molar-refractivity contribution is 5.30. The Balaban J connectivity index is 2.02. The molecule has 2 N–H and O–H groups in total. The zero-order valence-corrected chi connectivity index (χ0v) is 8.23. The van der Waals surface area contributed by atoms with Crippen molar-refractivity contribution >= 4 is 5.69 Å². The number of hydrogen-bond acceptors (Lipinski definition) is 3. The van der Waals surface area contributed by atoms with E-state index in [0.717, 1.165) is 12.1 Å². The second-order valence-electron chi connectivity index (χ2n) is 3.16. The smallest absolute Gasteiger partial charge is 0.180 e. The number of aromatic nitrogens is 2. The van der Waals surface area contributed by atoms with Crippen molar-refractivity contribution in [2.75, 3.05) is 5.73 Å². The Morgan fingerprint density at radius 3 is 2.75 bits per heavy atom. The fourth-order valence-electron chi connectivity index (χ4n) is 1.16. The number of rotatable bonds is 3. The van der Waals surface area contributed by atoms with E-state index in [4.69, 9.17) is 10.5 Å². The highest BCUT2D eigenvalue weighted by atomic mass is 19.2. The largest absolute Gasteiger partial charge is 0.471 e. The zero-order valence-electron chi connectivity index (χ0n) is 8.23. The van der Waals surface area contributed by atoms with Gasteiger partial charge in [-0.05, 0) is 12.1 Å². The molecule has 0 radical (unpaired) electrons. The first-order valence-corrected chi connectivity index (χ1v) is 4.51. The van der Waals surface area contributed by atoms with Crippen molar-refractivity contribution in [3.63, 3.8) is 0 Å². The topological polar surface area (TPSA) is 53.1 Å². The minimum absolute atomic E-state index is 0.0856. The molecule has 0 unspecified atom stereocenters. The molecule has 0 aliphatic heterocycles. The predicted octanol–water partition coefficient (Wildman–Crippen LogP) is 1.78. The second-order valence-corrected chi connectivity index (χ2v) is 3.16. The maximum atomic E-state index is 12.8. The van der Waals surface area contributed by atoms with E-state index < -0.39 is 11.6 Å². The molecule has 6 heteroatoms. The molecular formula is C10H9F2N3O. The first-order chi connectivity index (χ1) is 7.65. The Hall–Kier alpha value is -2.11. The van der Waals surface area contributed by atoms with Crippen LogP contribution in [0.1, 0.15) is 0 Å². The lowest BCUT2D eigenvalue weighted by atomic mass is 10.3. The molecule has 0 fully saturated rings. The van der Waals surface area contributed by atoms with E-state index in [1.54, 1.807) is 6.20 Å². The number of anilines is 1. The molecule has 0 aliphatic rings. The summed E-state index contributed by atoms with van der Waals surface area (Å²) in [6, 6.07) is 3.32. The number of ether oxygens (including phenoxy) is 1. The van der Waals surface area contributed by atoms with E-state index in [2.05, 4.69) is 5.10 Å². The fraction of sp³-hybridized carbons (Fsp3) is 0.100. The molecule has 0 bridgehead atoms. The Kier molecular flexibility index (Phi) is 2.72. The minimum Gasteiger partial charge on any atom is -0.471 e. The molecule has 16 heavy (non-hydrogen) atoms. The van der Waals surface area contributed by atoms with Gasteiger partial charge in [-0.15, -0.1) is 0 Å². The molecule has 0 saturated carbocycles. The summed E-state index contributed by atoms with van der Waals surface area (Å²) in [5.74, 6) is -1.62. The van der Waals surface area contributed by atoms with Gasteiger partial charge < -0.3 is 10.5 Å². The third-order valence-electron chi connectivity index (χ3n) is 1.91. The number of nitrogens with zero attached hydrogens (tertiary/aromatic N) is 2. The minimum atomic E-state index is -0.947. The maximum Gasteiger partial charge on any atom is 0.180 e. The summed E-state index contributed by atoms with van der Waals surface area (Å²) < 4.78 is 32.0. The van der Waals surface area contributed by atoms with Crippen molar-refractivity contribution in [3.8, 4) is 5.75 Å². The van der Waals surface area contributed by atoms with Crippen LogP contribution in [0.2, 0.25) is 0 Å². The number of nitrogens with two attached hydrogens (primary N) is 1. The highest BCUT2D eigenvalue weighted by Crippen LogP contribution is 2.15. The van der Waals surface area contributed by atoms with E-state index >= 15 is 0 Å². The molecule has 0 aliphatic carbocycles. The van der Waals surface area contributed by atoms with Crippen LogP contribution in [0.15, 0.2) is 30.6 Å². The van der Waals surface area contributed by atoms with Crippen LogP contribution in [-0.4, -0.2) is 9.78 Å². The van der Waals surface area contributed by atoms with Gasteiger partial charge >= 0.3 is 0 Å². The van der Waals surface area contributed by atoms with Gasteiger partial charge in [0.2, 0.25) is 0 Å². The third kappa shape index (κ3) is 2.28. The van der Waals surface area contributed by atoms with E-state index in [1.807, 2.05) is 0 Å². The molecule has 0 amide bonds. The van der Waals surface area contributed by atoms with Crippen LogP contribution in [0.5, 0.6) is 5.75 Å². The molecular weight excluding hydrogens is 216 g/mol. The van der Waals surface area contributed by atoms with Crippen molar-refractivity contribution in [1.29, 1.82) is 0 Å². The monoisotopic (exact) mass is 225 g/mol. The Morgan fingerprint density at radius 2 is 2.12 bits per heavy atom. The summed E-state index contributed by atoms with van der Waals surface area (Å²) in [5, 5.41) is 3.87. The Morgan fingerprint density at radius 1 is 1.31 bits per heavy atom. The van der Waals surface area contributed by atoms with Crippen molar-refractivity contribution in [2.24, 2.45) is 0 Å². The summed E-state index contributed by atoms with van der Waals surface area (Å²) in [6.07, 6.45) is 3.04. The summed E-state index contributed by atoms with van der Waals surface area (Å²) in [6.45, 7) is 0.0856. The molecule has 2 rings (SSSR count). The number of nitrogen functional groups attached to an aromatic ring is 1. The maximum absolute atomic E-state index is 12.8. The first-order valence-electron chi connectivity index (χ1n) is 4.51. The van der Waals surface area contributed by atoms with Crippen LogP contribution in [0.25, 0.3) is 0 Å². The van der Waals surface area contributed by atoms with Crippen molar-refractivity contribution in [2.45, 2.75) is 6.73 Å². The molecule has 4 nitrogen and oxygen atoms in total. The van der Waals surface area contributed by atoms with E-state index in [1.165, 1.54) is 16.9 Å². The summed E-state index contributed by atoms with van der Waals surface area (Å²) in [5.41, 5.74) is 5.95. The van der Waals surface area contributed by atoms with Crippen LogP contribution in [-0.2, 0) is 6.73 Å². The first kappa shape index (κ1) is 10.4. The lowest BCUT2D eigenvalue weighted by Crippen LogP contribution is -2.05. The molecule has 84 valence electrons. The van der Waals surface area contributed by atoms with Crippen molar-refractivity contribution < 1.29 is 13.5 Å². The molecule has 0 atom stereocenters. The average Bonchev–Trinajstić information content (AvgIpc) is 2.66. The molecule has 1 heterocycles. The van der Waals surface area contributed by atoms with Crippen LogP contribution >= 0.6 is 0 Å². The Labute approximate surface area is 90.2 Å². The fourth-order valence-corrected chi connectivity index (χ4v) is 1.16. The molecule has 1 aromatic heterocycles. The van der Waals surface area contributed by atoms with Gasteiger partial charge in [-0.1, -0.05) is 0 Å². The van der Waals surface area contributed by atoms with Gasteiger partial charge in [-0.2, -0.15) is 5.10 Å². The van der Waals surface area contributed by atoms with Crippen molar-refractivity contribution in [3.05, 3.63) is 42.2 Å². The standard InChI is InChI=1S/C10H9F2N3O/c11-9-2-1-8(3-10(9)12)16-6-15-5-7(13)4-14-15/h1-5H,6,13H2. The zero-order chi connectivity index (χ0) is 11.5. The summed E-state index contributed by atoms with van der Waals surface area (Å²) in [7, 11) is 0. The SMILES string of the molecule is Nc1cnn(COc2ccc(F)c(F)c2)c1. The van der Waals surface area contributed by atoms with Crippen LogP contribution < -0.4 is 10.5 Å². The normalized spacial score (nSPS) is 10.4. The van der Waals surface area contributed by atoms with Crippen LogP contribution in [0, 0.1) is 11.6 Å². The average molecular weight is 225 g/mol. The summed E-state index contributed by atoms with van der Waals surface area (Å²) >= 11 is 0. The predicted molar refractivity (Wildman–Crippen MR) is 53.6 cm³/mol. The van der Waals surface area contributed by atoms with Gasteiger partial charge in [0.15, 0.2) is 18.4 Å².